The first kappa shape index (κ1) is 12.8. The second-order valence-corrected chi connectivity index (χ2v) is 4.66. The molecule has 0 aliphatic rings. The zero-order chi connectivity index (χ0) is 14.1. The number of benzene rings is 2. The van der Waals surface area contributed by atoms with E-state index < -0.39 is 11.6 Å². The maximum atomic E-state index is 13.7. The third-order valence-corrected chi connectivity index (χ3v) is 3.25. The molecule has 0 aliphatic carbocycles. The number of hydrogen-bond acceptors (Lipinski definition) is 1. The van der Waals surface area contributed by atoms with E-state index in [1.54, 1.807) is 18.5 Å². The van der Waals surface area contributed by atoms with E-state index in [-0.39, 0.29) is 5.69 Å². The van der Waals surface area contributed by atoms with E-state index in [2.05, 4.69) is 5.10 Å². The first-order valence-corrected chi connectivity index (χ1v) is 6.28. The first-order chi connectivity index (χ1) is 9.65. The maximum Gasteiger partial charge on any atom is 0.151 e. The molecule has 0 bridgehead atoms. The van der Waals surface area contributed by atoms with Crippen molar-refractivity contribution < 1.29 is 8.78 Å². The van der Waals surface area contributed by atoms with Gasteiger partial charge in [0.15, 0.2) is 5.82 Å². The van der Waals surface area contributed by atoms with Gasteiger partial charge in [0.25, 0.3) is 0 Å². The van der Waals surface area contributed by atoms with Gasteiger partial charge in [-0.25, -0.2) is 13.5 Å². The molecule has 1 aromatic heterocycles. The molecule has 0 aliphatic heterocycles. The lowest BCUT2D eigenvalue weighted by Gasteiger charge is -2.03. The molecule has 2 aromatic carbocycles. The van der Waals surface area contributed by atoms with Crippen LogP contribution in [0.3, 0.4) is 0 Å². The Morgan fingerprint density at radius 2 is 1.85 bits per heavy atom. The Hall–Kier alpha value is -2.20. The van der Waals surface area contributed by atoms with E-state index in [1.807, 2.05) is 18.2 Å². The van der Waals surface area contributed by atoms with E-state index in [4.69, 9.17) is 11.6 Å². The SMILES string of the molecule is Fc1ccc(-n2cc(-c3ccccc3Cl)cn2)c(F)c1. The van der Waals surface area contributed by atoms with E-state index in [9.17, 15) is 8.78 Å². The van der Waals surface area contributed by atoms with Crippen molar-refractivity contribution in [2.75, 3.05) is 0 Å². The van der Waals surface area contributed by atoms with Crippen molar-refractivity contribution >= 4 is 11.6 Å². The summed E-state index contributed by atoms with van der Waals surface area (Å²) < 4.78 is 28.0. The van der Waals surface area contributed by atoms with Crippen LogP contribution in [0.1, 0.15) is 0 Å². The van der Waals surface area contributed by atoms with Crippen molar-refractivity contribution in [3.8, 4) is 16.8 Å². The molecule has 2 nitrogen and oxygen atoms in total. The Morgan fingerprint density at radius 1 is 1.05 bits per heavy atom. The molecule has 0 saturated carbocycles. The topological polar surface area (TPSA) is 17.8 Å². The minimum atomic E-state index is -0.668. The van der Waals surface area contributed by atoms with Crippen molar-refractivity contribution in [2.45, 2.75) is 0 Å². The fourth-order valence-electron chi connectivity index (χ4n) is 1.96. The molecule has 0 fully saturated rings. The summed E-state index contributed by atoms with van der Waals surface area (Å²) >= 11 is 6.11. The van der Waals surface area contributed by atoms with Crippen LogP contribution >= 0.6 is 11.6 Å². The van der Waals surface area contributed by atoms with Crippen molar-refractivity contribution in [1.82, 2.24) is 9.78 Å². The fraction of sp³-hybridized carbons (Fsp3) is 0. The fourth-order valence-corrected chi connectivity index (χ4v) is 2.20. The second kappa shape index (κ2) is 5.06. The van der Waals surface area contributed by atoms with E-state index in [1.165, 1.54) is 16.8 Å². The average molecular weight is 291 g/mol. The summed E-state index contributed by atoms with van der Waals surface area (Å²) in [6.07, 6.45) is 3.24. The molecule has 0 radical (unpaired) electrons. The highest BCUT2D eigenvalue weighted by Crippen LogP contribution is 2.27. The maximum absolute atomic E-state index is 13.7. The Kier molecular flexibility index (Phi) is 3.24. The lowest BCUT2D eigenvalue weighted by atomic mass is 10.1. The molecular weight excluding hydrogens is 282 g/mol. The van der Waals surface area contributed by atoms with Crippen molar-refractivity contribution in [3.05, 3.63) is 71.5 Å². The summed E-state index contributed by atoms with van der Waals surface area (Å²) in [7, 11) is 0. The van der Waals surface area contributed by atoms with Crippen LogP contribution in [-0.4, -0.2) is 9.78 Å². The van der Waals surface area contributed by atoms with Gasteiger partial charge < -0.3 is 0 Å². The summed E-state index contributed by atoms with van der Waals surface area (Å²) in [5.74, 6) is -1.29. The van der Waals surface area contributed by atoms with Gasteiger partial charge >= 0.3 is 0 Å². The lowest BCUT2D eigenvalue weighted by molar-refractivity contribution is 0.573. The number of nitrogens with zero attached hydrogens (tertiary/aromatic N) is 2. The van der Waals surface area contributed by atoms with Crippen molar-refractivity contribution in [3.63, 3.8) is 0 Å². The summed E-state index contributed by atoms with van der Waals surface area (Å²) in [4.78, 5) is 0. The molecule has 1 heterocycles. The third-order valence-electron chi connectivity index (χ3n) is 2.92. The molecule has 100 valence electrons. The second-order valence-electron chi connectivity index (χ2n) is 4.25. The predicted molar refractivity (Wildman–Crippen MR) is 73.9 cm³/mol. The minimum absolute atomic E-state index is 0.185. The average Bonchev–Trinajstić information content (AvgIpc) is 2.88. The molecular formula is C15H9ClF2N2. The van der Waals surface area contributed by atoms with Crippen LogP contribution in [0.2, 0.25) is 5.02 Å². The third kappa shape index (κ3) is 2.30. The number of halogens is 3. The Labute approximate surface area is 119 Å². The van der Waals surface area contributed by atoms with Crippen LogP contribution in [0.15, 0.2) is 54.9 Å². The Balaban J connectivity index is 2.04. The van der Waals surface area contributed by atoms with Gasteiger partial charge in [-0.15, -0.1) is 0 Å². The van der Waals surface area contributed by atoms with Gasteiger partial charge in [0.1, 0.15) is 11.5 Å². The zero-order valence-corrected chi connectivity index (χ0v) is 11.0. The van der Waals surface area contributed by atoms with Gasteiger partial charge in [0.2, 0.25) is 0 Å². The molecule has 20 heavy (non-hydrogen) atoms. The van der Waals surface area contributed by atoms with Crippen molar-refractivity contribution in [1.29, 1.82) is 0 Å². The number of hydrogen-bond donors (Lipinski definition) is 0. The van der Waals surface area contributed by atoms with Crippen LogP contribution in [-0.2, 0) is 0 Å². The number of aromatic nitrogens is 2. The number of rotatable bonds is 2. The highest BCUT2D eigenvalue weighted by Gasteiger charge is 2.10. The van der Waals surface area contributed by atoms with Gasteiger partial charge in [0.05, 0.1) is 6.20 Å². The predicted octanol–water partition coefficient (Wildman–Crippen LogP) is 4.47. The molecule has 5 heteroatoms. The molecule has 0 amide bonds. The largest absolute Gasteiger partial charge is 0.237 e. The van der Waals surface area contributed by atoms with Gasteiger partial charge in [0, 0.05) is 28.4 Å². The molecule has 3 rings (SSSR count). The highest BCUT2D eigenvalue weighted by molar-refractivity contribution is 6.33. The molecule has 3 aromatic rings. The van der Waals surface area contributed by atoms with Crippen LogP contribution in [0, 0.1) is 11.6 Å². The summed E-state index contributed by atoms with van der Waals surface area (Å²) in [6, 6.07) is 10.7. The monoisotopic (exact) mass is 290 g/mol. The van der Waals surface area contributed by atoms with Crippen LogP contribution in [0.25, 0.3) is 16.8 Å². The minimum Gasteiger partial charge on any atom is -0.237 e. The summed E-state index contributed by atoms with van der Waals surface area (Å²) in [5.41, 5.74) is 1.76. The van der Waals surface area contributed by atoms with Crippen molar-refractivity contribution in [2.24, 2.45) is 0 Å². The summed E-state index contributed by atoms with van der Waals surface area (Å²) in [6.45, 7) is 0. The first-order valence-electron chi connectivity index (χ1n) is 5.90. The Bertz CT molecular complexity index is 768. The molecule has 0 saturated heterocycles. The van der Waals surface area contributed by atoms with Crippen LogP contribution in [0.4, 0.5) is 8.78 Å². The highest BCUT2D eigenvalue weighted by atomic mass is 35.5. The summed E-state index contributed by atoms with van der Waals surface area (Å²) in [5, 5.41) is 4.68. The quantitative estimate of drug-likeness (QED) is 0.681. The van der Waals surface area contributed by atoms with Crippen LogP contribution in [0.5, 0.6) is 0 Å². The van der Waals surface area contributed by atoms with Gasteiger partial charge in [-0.2, -0.15) is 5.10 Å². The molecule has 0 N–H and O–H groups in total. The van der Waals surface area contributed by atoms with E-state index >= 15 is 0 Å². The van der Waals surface area contributed by atoms with Gasteiger partial charge in [-0.05, 0) is 18.2 Å². The normalized spacial score (nSPS) is 10.8. The standard InChI is InChI=1S/C15H9ClF2N2/c16-13-4-2-1-3-12(13)10-8-19-20(9-10)15-6-5-11(17)7-14(15)18/h1-9H. The van der Waals surface area contributed by atoms with Gasteiger partial charge in [-0.3, -0.25) is 0 Å². The molecule has 0 unspecified atom stereocenters. The Morgan fingerprint density at radius 3 is 2.60 bits per heavy atom. The van der Waals surface area contributed by atoms with E-state index in [0.29, 0.717) is 5.02 Å². The molecule has 0 spiro atoms. The zero-order valence-electron chi connectivity index (χ0n) is 10.2. The van der Waals surface area contributed by atoms with E-state index in [0.717, 1.165) is 17.2 Å². The van der Waals surface area contributed by atoms with Gasteiger partial charge in [-0.1, -0.05) is 29.8 Å². The molecule has 0 atom stereocenters. The smallest absolute Gasteiger partial charge is 0.151 e. The lowest BCUT2D eigenvalue weighted by Crippen LogP contribution is -1.98. The van der Waals surface area contributed by atoms with Crippen LogP contribution < -0.4 is 0 Å².